The van der Waals surface area contributed by atoms with Crippen LogP contribution in [-0.2, 0) is 7.05 Å². The summed E-state index contributed by atoms with van der Waals surface area (Å²) in [4.78, 5) is 20.4. The van der Waals surface area contributed by atoms with Gasteiger partial charge < -0.3 is 10.3 Å². The Kier molecular flexibility index (Phi) is 4.14. The second kappa shape index (κ2) is 6.24. The molecule has 2 heterocycles. The molecule has 0 bridgehead atoms. The lowest BCUT2D eigenvalue weighted by molar-refractivity contribution is 0.0920. The molecule has 0 aliphatic heterocycles. The van der Waals surface area contributed by atoms with Gasteiger partial charge in [-0.15, -0.1) is 0 Å². The van der Waals surface area contributed by atoms with Crippen molar-refractivity contribution in [2.24, 2.45) is 13.0 Å². The summed E-state index contributed by atoms with van der Waals surface area (Å²) in [5.74, 6) is 1.08. The van der Waals surface area contributed by atoms with E-state index in [1.807, 2.05) is 24.3 Å². The van der Waals surface area contributed by atoms with Crippen LogP contribution in [0.1, 0.15) is 42.6 Å². The van der Waals surface area contributed by atoms with Gasteiger partial charge in [-0.3, -0.25) is 9.48 Å². The van der Waals surface area contributed by atoms with Crippen molar-refractivity contribution in [3.05, 3.63) is 48.0 Å². The van der Waals surface area contributed by atoms with E-state index in [-0.39, 0.29) is 11.9 Å². The normalized spacial score (nSPS) is 12.7. The Bertz CT molecular complexity index is 784. The third-order valence-corrected chi connectivity index (χ3v) is 3.80. The summed E-state index contributed by atoms with van der Waals surface area (Å²) in [5, 5.41) is 7.12. The Morgan fingerprint density at radius 3 is 2.74 bits per heavy atom. The van der Waals surface area contributed by atoms with Crippen molar-refractivity contribution in [3.8, 4) is 0 Å². The molecular formula is C17H21N5O. The number of carbonyl (C=O) groups excluding carboxylic acids is 1. The number of aromatic amines is 1. The van der Waals surface area contributed by atoms with Gasteiger partial charge in [0.1, 0.15) is 11.5 Å². The standard InChI is InChI=1S/C17H21N5O/c1-11(2)10-14(21-17(23)15-8-9-18-22(15)3)16-19-12-6-4-5-7-13(12)20-16/h4-9,11,14H,10H2,1-3H3,(H,19,20)(H,21,23)/t14-/m1/s1. The van der Waals surface area contributed by atoms with Gasteiger partial charge in [-0.05, 0) is 30.5 Å². The smallest absolute Gasteiger partial charge is 0.270 e. The number of benzene rings is 1. The lowest BCUT2D eigenvalue weighted by Crippen LogP contribution is -2.31. The first kappa shape index (κ1) is 15.3. The maximum absolute atomic E-state index is 12.5. The monoisotopic (exact) mass is 311 g/mol. The highest BCUT2D eigenvalue weighted by Crippen LogP contribution is 2.22. The second-order valence-corrected chi connectivity index (χ2v) is 6.13. The van der Waals surface area contributed by atoms with Crippen LogP contribution in [0.2, 0.25) is 0 Å². The SMILES string of the molecule is CC(C)C[C@@H](NC(=O)c1ccnn1C)c1nc2ccccc2[nH]1. The van der Waals surface area contributed by atoms with Crippen molar-refractivity contribution in [2.75, 3.05) is 0 Å². The van der Waals surface area contributed by atoms with Crippen LogP contribution in [0.15, 0.2) is 36.5 Å². The summed E-state index contributed by atoms with van der Waals surface area (Å²) in [6.45, 7) is 4.26. The first-order valence-electron chi connectivity index (χ1n) is 7.78. The summed E-state index contributed by atoms with van der Waals surface area (Å²) in [6.07, 6.45) is 2.43. The van der Waals surface area contributed by atoms with Gasteiger partial charge in [-0.1, -0.05) is 26.0 Å². The number of amides is 1. The molecule has 0 saturated heterocycles. The predicted molar refractivity (Wildman–Crippen MR) is 89.0 cm³/mol. The molecule has 0 spiro atoms. The van der Waals surface area contributed by atoms with Crippen LogP contribution in [-0.4, -0.2) is 25.7 Å². The Balaban J connectivity index is 1.88. The number of aryl methyl sites for hydroxylation is 1. The van der Waals surface area contributed by atoms with Gasteiger partial charge in [-0.25, -0.2) is 4.98 Å². The fourth-order valence-corrected chi connectivity index (χ4v) is 2.68. The number of carbonyl (C=O) groups is 1. The molecule has 6 nitrogen and oxygen atoms in total. The molecule has 1 amide bonds. The van der Waals surface area contributed by atoms with E-state index in [2.05, 4.69) is 34.2 Å². The van der Waals surface area contributed by atoms with E-state index >= 15 is 0 Å². The van der Waals surface area contributed by atoms with E-state index in [1.165, 1.54) is 0 Å². The van der Waals surface area contributed by atoms with Gasteiger partial charge in [-0.2, -0.15) is 5.10 Å². The maximum atomic E-state index is 12.5. The fourth-order valence-electron chi connectivity index (χ4n) is 2.68. The number of hydrogen-bond acceptors (Lipinski definition) is 3. The predicted octanol–water partition coefficient (Wildman–Crippen LogP) is 2.81. The average Bonchev–Trinajstić information content (AvgIpc) is 3.11. The number of nitrogens with one attached hydrogen (secondary N) is 2. The largest absolute Gasteiger partial charge is 0.341 e. The lowest BCUT2D eigenvalue weighted by Gasteiger charge is -2.18. The van der Waals surface area contributed by atoms with E-state index in [4.69, 9.17) is 0 Å². The molecule has 0 aliphatic carbocycles. The number of rotatable bonds is 5. The fraction of sp³-hybridized carbons (Fsp3) is 0.353. The van der Waals surface area contributed by atoms with Crippen LogP contribution in [0.25, 0.3) is 11.0 Å². The number of H-pyrrole nitrogens is 1. The third kappa shape index (κ3) is 3.26. The molecule has 3 aromatic rings. The van der Waals surface area contributed by atoms with E-state index in [1.54, 1.807) is 24.0 Å². The number of nitrogens with zero attached hydrogens (tertiary/aromatic N) is 3. The van der Waals surface area contributed by atoms with Crippen molar-refractivity contribution in [2.45, 2.75) is 26.3 Å². The van der Waals surface area contributed by atoms with E-state index in [9.17, 15) is 4.79 Å². The number of aromatic nitrogens is 4. The average molecular weight is 311 g/mol. The first-order valence-corrected chi connectivity index (χ1v) is 7.78. The Hall–Kier alpha value is -2.63. The quantitative estimate of drug-likeness (QED) is 0.761. The van der Waals surface area contributed by atoms with Gasteiger partial charge in [0.15, 0.2) is 0 Å². The Morgan fingerprint density at radius 1 is 1.30 bits per heavy atom. The number of hydrogen-bond donors (Lipinski definition) is 2. The molecule has 120 valence electrons. The molecule has 0 saturated carbocycles. The third-order valence-electron chi connectivity index (χ3n) is 3.80. The van der Waals surface area contributed by atoms with Crippen LogP contribution < -0.4 is 5.32 Å². The Labute approximate surface area is 134 Å². The summed E-state index contributed by atoms with van der Waals surface area (Å²) in [5.41, 5.74) is 2.42. The van der Waals surface area contributed by atoms with Crippen molar-refractivity contribution in [1.82, 2.24) is 25.1 Å². The highest BCUT2D eigenvalue weighted by atomic mass is 16.2. The lowest BCUT2D eigenvalue weighted by atomic mass is 10.0. The van der Waals surface area contributed by atoms with Crippen LogP contribution in [0.3, 0.4) is 0 Å². The van der Waals surface area contributed by atoms with Crippen molar-refractivity contribution in [1.29, 1.82) is 0 Å². The molecule has 1 atom stereocenters. The van der Waals surface area contributed by atoms with Crippen molar-refractivity contribution in [3.63, 3.8) is 0 Å². The van der Waals surface area contributed by atoms with Crippen molar-refractivity contribution >= 4 is 16.9 Å². The molecular weight excluding hydrogens is 290 g/mol. The zero-order chi connectivity index (χ0) is 16.4. The summed E-state index contributed by atoms with van der Waals surface area (Å²) in [6, 6.07) is 9.42. The molecule has 2 N–H and O–H groups in total. The summed E-state index contributed by atoms with van der Waals surface area (Å²) >= 11 is 0. The van der Waals surface area contributed by atoms with Crippen LogP contribution in [0.5, 0.6) is 0 Å². The van der Waals surface area contributed by atoms with Gasteiger partial charge in [0, 0.05) is 13.2 Å². The minimum absolute atomic E-state index is 0.142. The van der Waals surface area contributed by atoms with Crippen LogP contribution in [0.4, 0.5) is 0 Å². The number of para-hydroxylation sites is 2. The molecule has 23 heavy (non-hydrogen) atoms. The molecule has 0 radical (unpaired) electrons. The van der Waals surface area contributed by atoms with Gasteiger partial charge >= 0.3 is 0 Å². The second-order valence-electron chi connectivity index (χ2n) is 6.13. The minimum Gasteiger partial charge on any atom is -0.341 e. The summed E-state index contributed by atoms with van der Waals surface area (Å²) < 4.78 is 1.57. The molecule has 2 aromatic heterocycles. The molecule has 6 heteroatoms. The minimum atomic E-state index is -0.162. The van der Waals surface area contributed by atoms with E-state index < -0.39 is 0 Å². The van der Waals surface area contributed by atoms with E-state index in [0.29, 0.717) is 11.6 Å². The van der Waals surface area contributed by atoms with Gasteiger partial charge in [0.05, 0.1) is 17.1 Å². The summed E-state index contributed by atoms with van der Waals surface area (Å²) in [7, 11) is 1.76. The zero-order valence-electron chi connectivity index (χ0n) is 13.6. The molecule has 3 rings (SSSR count). The maximum Gasteiger partial charge on any atom is 0.270 e. The van der Waals surface area contributed by atoms with Crippen LogP contribution in [0, 0.1) is 5.92 Å². The zero-order valence-corrected chi connectivity index (χ0v) is 13.6. The molecule has 0 aliphatic rings. The highest BCUT2D eigenvalue weighted by molar-refractivity contribution is 5.92. The molecule has 1 aromatic carbocycles. The van der Waals surface area contributed by atoms with Crippen molar-refractivity contribution < 1.29 is 4.79 Å². The van der Waals surface area contributed by atoms with E-state index in [0.717, 1.165) is 23.3 Å². The molecule has 0 unspecified atom stereocenters. The number of imidazole rings is 1. The highest BCUT2D eigenvalue weighted by Gasteiger charge is 2.21. The van der Waals surface area contributed by atoms with Gasteiger partial charge in [0.2, 0.25) is 0 Å². The first-order chi connectivity index (χ1) is 11.0. The Morgan fingerprint density at radius 2 is 2.09 bits per heavy atom. The topological polar surface area (TPSA) is 75.6 Å². The number of fused-ring (bicyclic) bond motifs is 1. The van der Waals surface area contributed by atoms with Gasteiger partial charge in [0.25, 0.3) is 5.91 Å². The van der Waals surface area contributed by atoms with Crippen LogP contribution >= 0.6 is 0 Å². The molecule has 0 fully saturated rings.